The molecule has 4 aromatic rings. The van der Waals surface area contributed by atoms with Crippen molar-refractivity contribution in [3.8, 4) is 28.3 Å². The molecule has 1 saturated heterocycles. The standard InChI is InChI=1S/C39H44N4O6/c1-2-3-4-5-9-23-47-33-20-18-30(19-21-33)32-25-41-36(42-26-32)31-16-14-28(15-17-31)24-35(38(45)49-37(44)34-13-10-22-40-34)43-39(46)48-27-29-11-7-6-8-12-29/h6-8,11-12,14-21,25-26,34-35,40H,2-5,9-10,13,22-24,27H2,1H3,(H,43,46)/t34?,35-/m0/s1. The summed E-state index contributed by atoms with van der Waals surface area (Å²) >= 11 is 0. The van der Waals surface area contributed by atoms with E-state index < -0.39 is 30.1 Å². The molecule has 0 saturated carbocycles. The SMILES string of the molecule is CCCCCCCOc1ccc(-c2cnc(-c3ccc(C[C@H](NC(=O)OCc4ccccc4)C(=O)OC(=O)C4CCCN4)cc3)nc2)cc1. The second-order valence-electron chi connectivity index (χ2n) is 12.1. The summed E-state index contributed by atoms with van der Waals surface area (Å²) in [5.41, 5.74) is 4.21. The van der Waals surface area contributed by atoms with Gasteiger partial charge in [-0.1, -0.05) is 99.3 Å². The van der Waals surface area contributed by atoms with Crippen molar-refractivity contribution in [3.63, 3.8) is 0 Å². The maximum Gasteiger partial charge on any atom is 0.408 e. The molecule has 1 unspecified atom stereocenters. The molecule has 2 atom stereocenters. The maximum absolute atomic E-state index is 13.1. The van der Waals surface area contributed by atoms with Crippen molar-refractivity contribution in [2.75, 3.05) is 13.2 Å². The van der Waals surface area contributed by atoms with Crippen molar-refractivity contribution in [2.24, 2.45) is 0 Å². The second-order valence-corrected chi connectivity index (χ2v) is 12.1. The number of benzene rings is 3. The first-order valence-electron chi connectivity index (χ1n) is 17.1. The predicted octanol–water partition coefficient (Wildman–Crippen LogP) is 6.82. The van der Waals surface area contributed by atoms with Crippen LogP contribution in [0.25, 0.3) is 22.5 Å². The van der Waals surface area contributed by atoms with Crippen LogP contribution in [0.3, 0.4) is 0 Å². The van der Waals surface area contributed by atoms with Crippen LogP contribution in [-0.4, -0.2) is 53.2 Å². The molecule has 2 N–H and O–H groups in total. The van der Waals surface area contributed by atoms with E-state index in [9.17, 15) is 14.4 Å². The quantitative estimate of drug-likeness (QED) is 0.0753. The summed E-state index contributed by atoms with van der Waals surface area (Å²) in [5.74, 6) is -0.101. The number of ether oxygens (including phenoxy) is 3. The zero-order valence-corrected chi connectivity index (χ0v) is 27.9. The van der Waals surface area contributed by atoms with Crippen LogP contribution in [0.5, 0.6) is 5.75 Å². The van der Waals surface area contributed by atoms with Gasteiger partial charge in [0.1, 0.15) is 24.4 Å². The van der Waals surface area contributed by atoms with Crippen LogP contribution in [0.4, 0.5) is 4.79 Å². The average Bonchev–Trinajstić information content (AvgIpc) is 3.69. The molecule has 1 fully saturated rings. The minimum Gasteiger partial charge on any atom is -0.494 e. The number of esters is 2. The largest absolute Gasteiger partial charge is 0.494 e. The zero-order valence-electron chi connectivity index (χ0n) is 27.9. The van der Waals surface area contributed by atoms with E-state index in [1.165, 1.54) is 25.7 Å². The Hall–Kier alpha value is -5.09. The van der Waals surface area contributed by atoms with Crippen LogP contribution in [0.15, 0.2) is 91.3 Å². The van der Waals surface area contributed by atoms with E-state index in [1.807, 2.05) is 78.9 Å². The van der Waals surface area contributed by atoms with Gasteiger partial charge >= 0.3 is 18.0 Å². The molecule has 10 heteroatoms. The van der Waals surface area contributed by atoms with E-state index in [4.69, 9.17) is 14.2 Å². The van der Waals surface area contributed by atoms with Gasteiger partial charge in [-0.25, -0.2) is 24.4 Å². The Labute approximate surface area is 287 Å². The number of amides is 1. The van der Waals surface area contributed by atoms with E-state index in [0.717, 1.165) is 53.0 Å². The third-order valence-corrected chi connectivity index (χ3v) is 8.34. The molecular formula is C39H44N4O6. The van der Waals surface area contributed by atoms with Gasteiger partial charge in [0.2, 0.25) is 0 Å². The lowest BCUT2D eigenvalue weighted by atomic mass is 10.0. The van der Waals surface area contributed by atoms with Crippen molar-refractivity contribution < 1.29 is 28.6 Å². The van der Waals surface area contributed by atoms with Gasteiger partial charge in [-0.2, -0.15) is 0 Å². The number of rotatable bonds is 16. The summed E-state index contributed by atoms with van der Waals surface area (Å²) in [4.78, 5) is 47.5. The Kier molecular flexibility index (Phi) is 13.3. The van der Waals surface area contributed by atoms with E-state index in [0.29, 0.717) is 18.8 Å². The Morgan fingerprint density at radius 2 is 1.55 bits per heavy atom. The van der Waals surface area contributed by atoms with Gasteiger partial charge < -0.3 is 24.8 Å². The van der Waals surface area contributed by atoms with Crippen LogP contribution in [-0.2, 0) is 32.1 Å². The summed E-state index contributed by atoms with van der Waals surface area (Å²) in [6, 6.07) is 22.8. The topological polar surface area (TPSA) is 129 Å². The van der Waals surface area contributed by atoms with Crippen LogP contribution in [0.2, 0.25) is 0 Å². The number of unbranched alkanes of at least 4 members (excludes halogenated alkanes) is 4. The number of carbonyl (C=O) groups is 3. The highest BCUT2D eigenvalue weighted by molar-refractivity contribution is 5.92. The monoisotopic (exact) mass is 664 g/mol. The normalized spacial score (nSPS) is 14.5. The molecule has 3 aromatic carbocycles. The Morgan fingerprint density at radius 1 is 0.837 bits per heavy atom. The molecule has 10 nitrogen and oxygen atoms in total. The number of hydrogen-bond donors (Lipinski definition) is 2. The molecule has 5 rings (SSSR count). The number of nitrogens with one attached hydrogen (secondary N) is 2. The maximum atomic E-state index is 13.1. The summed E-state index contributed by atoms with van der Waals surface area (Å²) < 4.78 is 16.4. The van der Waals surface area contributed by atoms with E-state index in [1.54, 1.807) is 12.4 Å². The lowest BCUT2D eigenvalue weighted by molar-refractivity contribution is -0.162. The van der Waals surface area contributed by atoms with Crippen LogP contribution >= 0.6 is 0 Å². The van der Waals surface area contributed by atoms with Gasteiger partial charge in [-0.05, 0) is 54.6 Å². The predicted molar refractivity (Wildman–Crippen MR) is 187 cm³/mol. The van der Waals surface area contributed by atoms with Crippen molar-refractivity contribution >= 4 is 18.0 Å². The third kappa shape index (κ3) is 11.0. The average molecular weight is 665 g/mol. The van der Waals surface area contributed by atoms with Crippen LogP contribution < -0.4 is 15.4 Å². The first-order valence-corrected chi connectivity index (χ1v) is 17.1. The molecule has 1 aromatic heterocycles. The Morgan fingerprint density at radius 3 is 2.24 bits per heavy atom. The number of nitrogens with zero attached hydrogens (tertiary/aromatic N) is 2. The molecule has 1 aliphatic heterocycles. The molecule has 49 heavy (non-hydrogen) atoms. The second kappa shape index (κ2) is 18.5. The smallest absolute Gasteiger partial charge is 0.408 e. The fourth-order valence-electron chi connectivity index (χ4n) is 5.52. The molecular weight excluding hydrogens is 620 g/mol. The van der Waals surface area contributed by atoms with Gasteiger partial charge in [0, 0.05) is 29.9 Å². The van der Waals surface area contributed by atoms with Gasteiger partial charge in [0.05, 0.1) is 6.61 Å². The summed E-state index contributed by atoms with van der Waals surface area (Å²) in [7, 11) is 0. The molecule has 0 aliphatic carbocycles. The van der Waals surface area contributed by atoms with Crippen LogP contribution in [0.1, 0.15) is 63.0 Å². The van der Waals surface area contributed by atoms with E-state index >= 15 is 0 Å². The number of alkyl carbamates (subject to hydrolysis) is 1. The first kappa shape index (κ1) is 35.2. The summed E-state index contributed by atoms with van der Waals surface area (Å²) in [5, 5.41) is 5.60. The highest BCUT2D eigenvalue weighted by Gasteiger charge is 2.30. The fraction of sp³-hybridized carbons (Fsp3) is 0.359. The molecule has 0 bridgehead atoms. The fourth-order valence-corrected chi connectivity index (χ4v) is 5.52. The Bertz CT molecular complexity index is 1620. The third-order valence-electron chi connectivity index (χ3n) is 8.34. The van der Waals surface area contributed by atoms with Crippen molar-refractivity contribution in [1.29, 1.82) is 0 Å². The van der Waals surface area contributed by atoms with E-state index in [2.05, 4.69) is 27.5 Å². The Balaban J connectivity index is 1.18. The van der Waals surface area contributed by atoms with Gasteiger partial charge in [0.15, 0.2) is 5.82 Å². The van der Waals surface area contributed by atoms with Crippen molar-refractivity contribution in [3.05, 3.63) is 102 Å². The number of carbonyl (C=O) groups excluding carboxylic acids is 3. The molecule has 0 radical (unpaired) electrons. The van der Waals surface area contributed by atoms with Crippen LogP contribution in [0, 0.1) is 0 Å². The lowest BCUT2D eigenvalue weighted by Crippen LogP contribution is -2.46. The summed E-state index contributed by atoms with van der Waals surface area (Å²) in [6.07, 6.45) is 10.3. The first-order chi connectivity index (χ1) is 24.0. The minimum atomic E-state index is -1.14. The molecule has 1 aliphatic rings. The summed E-state index contributed by atoms with van der Waals surface area (Å²) in [6.45, 7) is 3.65. The molecule has 1 amide bonds. The molecule has 256 valence electrons. The molecule has 2 heterocycles. The van der Waals surface area contributed by atoms with Gasteiger partial charge in [0.25, 0.3) is 0 Å². The van der Waals surface area contributed by atoms with Crippen molar-refractivity contribution in [2.45, 2.75) is 77.0 Å². The highest BCUT2D eigenvalue weighted by Crippen LogP contribution is 2.24. The van der Waals surface area contributed by atoms with Gasteiger partial charge in [-0.15, -0.1) is 0 Å². The van der Waals surface area contributed by atoms with Gasteiger partial charge in [-0.3, -0.25) is 0 Å². The number of aromatic nitrogens is 2. The highest BCUT2D eigenvalue weighted by atomic mass is 16.6. The number of hydrogen-bond acceptors (Lipinski definition) is 9. The van der Waals surface area contributed by atoms with E-state index in [-0.39, 0.29) is 13.0 Å². The minimum absolute atomic E-state index is 0.0336. The lowest BCUT2D eigenvalue weighted by Gasteiger charge is -2.18. The molecule has 0 spiro atoms. The van der Waals surface area contributed by atoms with Crippen molar-refractivity contribution in [1.82, 2.24) is 20.6 Å². The zero-order chi connectivity index (χ0) is 34.3.